The topological polar surface area (TPSA) is 84.0 Å². The van der Waals surface area contributed by atoms with E-state index in [4.69, 9.17) is 9.47 Å². The molecule has 0 radical (unpaired) electrons. The first-order valence-electron chi connectivity index (χ1n) is 10.1. The number of aromatic nitrogens is 1. The van der Waals surface area contributed by atoms with Gasteiger partial charge in [-0.05, 0) is 17.2 Å². The first kappa shape index (κ1) is 20.2. The predicted molar refractivity (Wildman–Crippen MR) is 111 cm³/mol. The van der Waals surface area contributed by atoms with Crippen molar-refractivity contribution in [2.75, 3.05) is 32.1 Å². The normalized spacial score (nSPS) is 16.3. The van der Waals surface area contributed by atoms with Crippen LogP contribution in [0.15, 0.2) is 42.6 Å². The number of pyridine rings is 1. The number of ether oxygens (including phenoxy) is 2. The second kappa shape index (κ2) is 9.13. The van der Waals surface area contributed by atoms with E-state index in [-0.39, 0.29) is 24.6 Å². The molecule has 0 atom stereocenters. The van der Waals surface area contributed by atoms with E-state index in [0.29, 0.717) is 37.7 Å². The van der Waals surface area contributed by atoms with Crippen LogP contribution < -0.4 is 10.1 Å². The van der Waals surface area contributed by atoms with E-state index in [2.05, 4.69) is 10.3 Å². The van der Waals surface area contributed by atoms with Gasteiger partial charge in [-0.1, -0.05) is 24.3 Å². The summed E-state index contributed by atoms with van der Waals surface area (Å²) in [5.41, 5.74) is 3.00. The number of methoxy groups -OCH3 is 1. The van der Waals surface area contributed by atoms with Crippen molar-refractivity contribution < 1.29 is 19.1 Å². The maximum absolute atomic E-state index is 12.5. The molecule has 3 amide bonds. The quantitative estimate of drug-likeness (QED) is 0.819. The van der Waals surface area contributed by atoms with Crippen LogP contribution in [0.3, 0.4) is 0 Å². The van der Waals surface area contributed by atoms with Crippen LogP contribution in [0.4, 0.5) is 10.5 Å². The highest BCUT2D eigenvalue weighted by molar-refractivity contribution is 5.89. The van der Waals surface area contributed by atoms with Gasteiger partial charge in [0.1, 0.15) is 12.7 Å². The van der Waals surface area contributed by atoms with Crippen LogP contribution in [0.25, 0.3) is 0 Å². The number of carbonyl (C=O) groups excluding carboxylic acids is 2. The summed E-state index contributed by atoms with van der Waals surface area (Å²) in [6.07, 6.45) is 3.14. The molecule has 0 aliphatic carbocycles. The molecule has 0 unspecified atom stereocenters. The van der Waals surface area contributed by atoms with Crippen LogP contribution in [-0.4, -0.2) is 59.6 Å². The molecule has 30 heavy (non-hydrogen) atoms. The average Bonchev–Trinajstić information content (AvgIpc) is 3.20. The van der Waals surface area contributed by atoms with Crippen LogP contribution in [-0.2, 0) is 22.6 Å². The van der Waals surface area contributed by atoms with Crippen LogP contribution in [0.5, 0.6) is 5.88 Å². The standard InChI is InChI=1S/C22H26N4O4/c1-29-15-21(27)25-10-8-19(9-11-25)30-20-7-6-18(12-23-20)24-22(28)26-13-16-4-2-3-5-17(16)14-26/h2-7,12,19H,8-11,13-15H2,1H3,(H,24,28). The molecule has 2 aromatic rings. The highest BCUT2D eigenvalue weighted by Crippen LogP contribution is 2.23. The van der Waals surface area contributed by atoms with E-state index in [9.17, 15) is 9.59 Å². The second-order valence-electron chi connectivity index (χ2n) is 7.57. The van der Waals surface area contributed by atoms with Crippen molar-refractivity contribution in [1.82, 2.24) is 14.8 Å². The highest BCUT2D eigenvalue weighted by Gasteiger charge is 2.25. The van der Waals surface area contributed by atoms with E-state index in [1.165, 1.54) is 18.2 Å². The van der Waals surface area contributed by atoms with Gasteiger partial charge in [-0.25, -0.2) is 9.78 Å². The van der Waals surface area contributed by atoms with Crippen molar-refractivity contribution in [3.63, 3.8) is 0 Å². The number of piperidine rings is 1. The van der Waals surface area contributed by atoms with Crippen LogP contribution in [0, 0.1) is 0 Å². The Balaban J connectivity index is 1.25. The molecular weight excluding hydrogens is 384 g/mol. The minimum atomic E-state index is -0.144. The highest BCUT2D eigenvalue weighted by atomic mass is 16.5. The maximum Gasteiger partial charge on any atom is 0.322 e. The summed E-state index contributed by atoms with van der Waals surface area (Å²) in [6, 6.07) is 11.5. The lowest BCUT2D eigenvalue weighted by atomic mass is 10.1. The third kappa shape index (κ3) is 4.71. The number of hydrogen-bond donors (Lipinski definition) is 1. The Labute approximate surface area is 175 Å². The molecule has 1 aromatic carbocycles. The molecule has 8 nitrogen and oxygen atoms in total. The molecule has 0 spiro atoms. The van der Waals surface area contributed by atoms with Gasteiger partial charge in [0, 0.05) is 52.2 Å². The van der Waals surface area contributed by atoms with Gasteiger partial charge >= 0.3 is 6.03 Å². The molecule has 1 saturated heterocycles. The van der Waals surface area contributed by atoms with Crippen LogP contribution in [0.1, 0.15) is 24.0 Å². The Bertz CT molecular complexity index is 869. The SMILES string of the molecule is COCC(=O)N1CCC(Oc2ccc(NC(=O)N3Cc4ccccc4C3)cn2)CC1. The number of amides is 3. The van der Waals surface area contributed by atoms with Crippen molar-refractivity contribution in [3.8, 4) is 5.88 Å². The molecule has 2 aliphatic rings. The molecule has 1 aromatic heterocycles. The van der Waals surface area contributed by atoms with Crippen molar-refractivity contribution in [2.24, 2.45) is 0 Å². The maximum atomic E-state index is 12.5. The lowest BCUT2D eigenvalue weighted by Crippen LogP contribution is -2.43. The smallest absolute Gasteiger partial charge is 0.322 e. The Morgan fingerprint density at radius 2 is 1.77 bits per heavy atom. The summed E-state index contributed by atoms with van der Waals surface area (Å²) in [4.78, 5) is 32.3. The lowest BCUT2D eigenvalue weighted by molar-refractivity contribution is -0.136. The van der Waals surface area contributed by atoms with E-state index in [1.54, 1.807) is 28.1 Å². The van der Waals surface area contributed by atoms with E-state index < -0.39 is 0 Å². The fourth-order valence-corrected chi connectivity index (χ4v) is 3.81. The molecule has 1 N–H and O–H groups in total. The van der Waals surface area contributed by atoms with Gasteiger partial charge in [0.05, 0.1) is 11.9 Å². The van der Waals surface area contributed by atoms with Gasteiger partial charge in [0.2, 0.25) is 11.8 Å². The molecule has 0 bridgehead atoms. The number of nitrogens with one attached hydrogen (secondary N) is 1. The minimum Gasteiger partial charge on any atom is -0.474 e. The molecule has 3 heterocycles. The molecule has 8 heteroatoms. The number of hydrogen-bond acceptors (Lipinski definition) is 5. The van der Waals surface area contributed by atoms with Crippen LogP contribution >= 0.6 is 0 Å². The molecule has 158 valence electrons. The number of nitrogens with zero attached hydrogens (tertiary/aromatic N) is 3. The third-order valence-corrected chi connectivity index (χ3v) is 5.47. The average molecular weight is 410 g/mol. The summed E-state index contributed by atoms with van der Waals surface area (Å²) in [7, 11) is 1.52. The largest absolute Gasteiger partial charge is 0.474 e. The number of carbonyl (C=O) groups is 2. The zero-order valence-electron chi connectivity index (χ0n) is 17.0. The van der Waals surface area contributed by atoms with Gasteiger partial charge in [0.25, 0.3) is 0 Å². The molecule has 2 aliphatic heterocycles. The molecule has 0 saturated carbocycles. The van der Waals surface area contributed by atoms with E-state index in [1.807, 2.05) is 24.3 Å². The van der Waals surface area contributed by atoms with Crippen molar-refractivity contribution >= 4 is 17.6 Å². The first-order chi connectivity index (χ1) is 14.6. The molecule has 1 fully saturated rings. The van der Waals surface area contributed by atoms with Gasteiger partial charge in [-0.2, -0.15) is 0 Å². The number of likely N-dealkylation sites (tertiary alicyclic amines) is 1. The monoisotopic (exact) mass is 410 g/mol. The Hall–Kier alpha value is -3.13. The van der Waals surface area contributed by atoms with E-state index >= 15 is 0 Å². The molecular formula is C22H26N4O4. The minimum absolute atomic E-state index is 0.00951. The zero-order valence-corrected chi connectivity index (χ0v) is 17.0. The van der Waals surface area contributed by atoms with Crippen molar-refractivity contribution in [3.05, 3.63) is 53.7 Å². The number of benzene rings is 1. The number of rotatable bonds is 5. The third-order valence-electron chi connectivity index (χ3n) is 5.47. The van der Waals surface area contributed by atoms with E-state index in [0.717, 1.165) is 12.8 Å². The zero-order chi connectivity index (χ0) is 20.9. The second-order valence-corrected chi connectivity index (χ2v) is 7.57. The summed E-state index contributed by atoms with van der Waals surface area (Å²) < 4.78 is 10.8. The molecule has 4 rings (SSSR count). The van der Waals surface area contributed by atoms with Gasteiger partial charge in [0.15, 0.2) is 0 Å². The summed E-state index contributed by atoms with van der Waals surface area (Å²) in [5.74, 6) is 0.526. The Morgan fingerprint density at radius 1 is 1.07 bits per heavy atom. The Morgan fingerprint density at radius 3 is 2.37 bits per heavy atom. The summed E-state index contributed by atoms with van der Waals surface area (Å²) >= 11 is 0. The number of urea groups is 1. The Kier molecular flexibility index (Phi) is 6.13. The van der Waals surface area contributed by atoms with Crippen molar-refractivity contribution in [1.29, 1.82) is 0 Å². The van der Waals surface area contributed by atoms with Gasteiger partial charge < -0.3 is 24.6 Å². The van der Waals surface area contributed by atoms with Crippen molar-refractivity contribution in [2.45, 2.75) is 32.0 Å². The van der Waals surface area contributed by atoms with Gasteiger partial charge in [-0.15, -0.1) is 0 Å². The van der Waals surface area contributed by atoms with Crippen LogP contribution in [0.2, 0.25) is 0 Å². The predicted octanol–water partition coefficient (Wildman–Crippen LogP) is 2.65. The fraction of sp³-hybridized carbons (Fsp3) is 0.409. The van der Waals surface area contributed by atoms with Gasteiger partial charge in [-0.3, -0.25) is 4.79 Å². The number of fused-ring (bicyclic) bond motifs is 1. The first-order valence-corrected chi connectivity index (χ1v) is 10.1. The lowest BCUT2D eigenvalue weighted by Gasteiger charge is -2.31. The summed E-state index contributed by atoms with van der Waals surface area (Å²) in [5, 5.41) is 2.89. The fourth-order valence-electron chi connectivity index (χ4n) is 3.81. The number of anilines is 1. The summed E-state index contributed by atoms with van der Waals surface area (Å²) in [6.45, 7) is 2.65.